The van der Waals surface area contributed by atoms with Crippen LogP contribution in [-0.4, -0.2) is 22.2 Å². The molecule has 0 fully saturated rings. The predicted octanol–water partition coefficient (Wildman–Crippen LogP) is 7.50. The fourth-order valence-electron chi connectivity index (χ4n) is 5.67. The second-order valence-corrected chi connectivity index (χ2v) is 20.8. The van der Waals surface area contributed by atoms with E-state index in [1.54, 1.807) is 0 Å². The average Bonchev–Trinajstić information content (AvgIpc) is 2.82. The minimum Gasteiger partial charge on any atom is -0.534 e. The monoisotopic (exact) mass is 514 g/mol. The summed E-state index contributed by atoms with van der Waals surface area (Å²) in [4.78, 5) is 0. The first-order valence-corrected chi connectivity index (χ1v) is 18.6. The first-order valence-electron chi connectivity index (χ1n) is 13.3. The summed E-state index contributed by atoms with van der Waals surface area (Å²) in [6, 6.07) is 30.5. The molecule has 0 saturated heterocycles. The zero-order valence-electron chi connectivity index (χ0n) is 22.9. The minimum atomic E-state index is -2.66. The number of hydrogen-bond acceptors (Lipinski definition) is 2. The van der Waals surface area contributed by atoms with Crippen LogP contribution in [-0.2, 0) is 10.8 Å². The molecule has 1 atom stereocenters. The molecule has 4 rings (SSSR count). The van der Waals surface area contributed by atoms with Crippen LogP contribution < -0.4 is 14.8 Å². The van der Waals surface area contributed by atoms with Crippen molar-refractivity contribution in [3.63, 3.8) is 0 Å². The van der Waals surface area contributed by atoms with E-state index in [1.165, 1.54) is 22.4 Å². The van der Waals surface area contributed by atoms with Gasteiger partial charge in [-0.3, -0.25) is 0 Å². The van der Waals surface area contributed by atoms with E-state index in [1.807, 2.05) is 0 Å². The number of rotatable bonds is 8. The van der Waals surface area contributed by atoms with Crippen LogP contribution in [0.15, 0.2) is 97.1 Å². The maximum atomic E-state index is 7.29. The molecule has 1 aliphatic rings. The predicted molar refractivity (Wildman–Crippen MR) is 159 cm³/mol. The van der Waals surface area contributed by atoms with E-state index < -0.39 is 16.6 Å². The lowest BCUT2D eigenvalue weighted by Crippen LogP contribution is -2.68. The average molecular weight is 515 g/mol. The number of benzene rings is 3. The van der Waals surface area contributed by atoms with Crippen LogP contribution in [0.5, 0.6) is 5.75 Å². The Labute approximate surface area is 220 Å². The van der Waals surface area contributed by atoms with Gasteiger partial charge in [-0.05, 0) is 72.0 Å². The lowest BCUT2D eigenvalue weighted by Gasteiger charge is -2.43. The molecule has 0 N–H and O–H groups in total. The van der Waals surface area contributed by atoms with Gasteiger partial charge >= 0.3 is 8.32 Å². The smallest absolute Gasteiger partial charge is 0.319 e. The van der Waals surface area contributed by atoms with Crippen molar-refractivity contribution in [1.82, 2.24) is 0 Å². The molecular formula is C32H42O2Si2. The number of allylic oxidation sites excluding steroid dienone is 1. The Bertz CT molecular complexity index is 1120. The van der Waals surface area contributed by atoms with Gasteiger partial charge in [0.05, 0.1) is 5.60 Å². The van der Waals surface area contributed by atoms with Gasteiger partial charge < -0.3 is 8.85 Å². The maximum Gasteiger partial charge on any atom is 0.319 e. The topological polar surface area (TPSA) is 18.5 Å². The molecule has 3 aromatic rings. The molecule has 0 aromatic heterocycles. The van der Waals surface area contributed by atoms with E-state index in [0.29, 0.717) is 0 Å². The van der Waals surface area contributed by atoms with E-state index >= 15 is 0 Å². The molecule has 1 aliphatic carbocycles. The van der Waals surface area contributed by atoms with Crippen molar-refractivity contribution >= 4 is 27.0 Å². The zero-order chi connectivity index (χ0) is 25.9. The van der Waals surface area contributed by atoms with Crippen LogP contribution in [0, 0.1) is 0 Å². The Balaban J connectivity index is 1.76. The highest BCUT2D eigenvalue weighted by atomic mass is 28.4. The Hall–Kier alpha value is -2.41. The molecule has 0 radical (unpaired) electrons. The standard InChI is InChI=1S/C32H42O2Si2/c1-31(2,3)36(29-19-10-7-11-20-29,30-21-12-8-13-22-30)33-28-18-16-17-27(25-28)26-32(34-35(4,5)6)23-14-9-15-24-32/h7-8,10-14,16-23,25H,9,15,24,26H2,1-6H3. The summed E-state index contributed by atoms with van der Waals surface area (Å²) in [5, 5.41) is 2.52. The lowest BCUT2D eigenvalue weighted by atomic mass is 9.85. The molecule has 36 heavy (non-hydrogen) atoms. The summed E-state index contributed by atoms with van der Waals surface area (Å²) >= 11 is 0. The molecular weight excluding hydrogens is 473 g/mol. The Morgan fingerprint density at radius 1 is 0.806 bits per heavy atom. The molecule has 1 unspecified atom stereocenters. The first kappa shape index (κ1) is 26.7. The first-order chi connectivity index (χ1) is 17.0. The molecule has 0 amide bonds. The summed E-state index contributed by atoms with van der Waals surface area (Å²) in [5.74, 6) is 0.949. The van der Waals surface area contributed by atoms with E-state index in [4.69, 9.17) is 8.85 Å². The highest BCUT2D eigenvalue weighted by molar-refractivity contribution is 7.00. The van der Waals surface area contributed by atoms with Crippen molar-refractivity contribution < 1.29 is 8.85 Å². The van der Waals surface area contributed by atoms with Crippen molar-refractivity contribution in [2.45, 2.75) is 76.7 Å². The van der Waals surface area contributed by atoms with Crippen molar-refractivity contribution in [3.8, 4) is 5.75 Å². The Morgan fingerprint density at radius 3 is 1.92 bits per heavy atom. The summed E-state index contributed by atoms with van der Waals surface area (Å²) in [5.41, 5.74) is 1.06. The fourth-order valence-corrected chi connectivity index (χ4v) is 11.5. The molecule has 0 spiro atoms. The molecule has 0 bridgehead atoms. The summed E-state index contributed by atoms with van der Waals surface area (Å²) in [7, 11) is -4.37. The minimum absolute atomic E-state index is 0.0695. The van der Waals surface area contributed by atoms with Crippen LogP contribution in [0.4, 0.5) is 0 Å². The van der Waals surface area contributed by atoms with E-state index in [2.05, 4.69) is 137 Å². The van der Waals surface area contributed by atoms with E-state index in [9.17, 15) is 0 Å². The largest absolute Gasteiger partial charge is 0.534 e. The summed E-state index contributed by atoms with van der Waals surface area (Å²) in [6.45, 7) is 13.9. The fraction of sp³-hybridized carbons (Fsp3) is 0.375. The molecule has 3 aromatic carbocycles. The normalized spacial score (nSPS) is 18.7. The molecule has 0 saturated carbocycles. The number of hydrogen-bond donors (Lipinski definition) is 0. The molecule has 0 aliphatic heterocycles. The van der Waals surface area contributed by atoms with Crippen molar-refractivity contribution in [1.29, 1.82) is 0 Å². The second kappa shape index (κ2) is 10.5. The maximum absolute atomic E-state index is 7.29. The SMILES string of the molecule is CC(C)(C)[Si](Oc1cccc(CC2(O[Si](C)(C)C)C=CCCC2)c1)(c1ccccc1)c1ccccc1. The molecule has 190 valence electrons. The van der Waals surface area contributed by atoms with Gasteiger partial charge in [-0.25, -0.2) is 0 Å². The van der Waals surface area contributed by atoms with Crippen LogP contribution >= 0.6 is 0 Å². The zero-order valence-corrected chi connectivity index (χ0v) is 24.9. The third kappa shape index (κ3) is 5.93. The lowest BCUT2D eigenvalue weighted by molar-refractivity contribution is 0.0948. The van der Waals surface area contributed by atoms with Gasteiger partial charge in [0.25, 0.3) is 0 Å². The Kier molecular flexibility index (Phi) is 7.79. The van der Waals surface area contributed by atoms with Crippen LogP contribution in [0.1, 0.15) is 45.6 Å². The highest BCUT2D eigenvalue weighted by Crippen LogP contribution is 2.38. The van der Waals surface area contributed by atoms with Crippen LogP contribution in [0.25, 0.3) is 0 Å². The Morgan fingerprint density at radius 2 is 1.42 bits per heavy atom. The van der Waals surface area contributed by atoms with Crippen LogP contribution in [0.3, 0.4) is 0 Å². The van der Waals surface area contributed by atoms with Crippen molar-refractivity contribution in [2.24, 2.45) is 0 Å². The third-order valence-corrected chi connectivity index (χ3v) is 13.0. The van der Waals surface area contributed by atoms with Gasteiger partial charge in [0.15, 0.2) is 8.32 Å². The molecule has 4 heteroatoms. The van der Waals surface area contributed by atoms with Gasteiger partial charge in [-0.1, -0.05) is 106 Å². The van der Waals surface area contributed by atoms with E-state index in [-0.39, 0.29) is 10.6 Å². The quantitative estimate of drug-likeness (QED) is 0.229. The molecule has 2 nitrogen and oxygen atoms in total. The second-order valence-electron chi connectivity index (χ2n) is 12.2. The van der Waals surface area contributed by atoms with Crippen LogP contribution in [0.2, 0.25) is 24.7 Å². The highest BCUT2D eigenvalue weighted by Gasteiger charge is 2.52. The summed E-state index contributed by atoms with van der Waals surface area (Å²) in [6.07, 6.45) is 8.93. The van der Waals surface area contributed by atoms with Gasteiger partial charge in [0.1, 0.15) is 5.75 Å². The summed E-state index contributed by atoms with van der Waals surface area (Å²) < 4.78 is 14.1. The van der Waals surface area contributed by atoms with Gasteiger partial charge in [0, 0.05) is 6.42 Å². The van der Waals surface area contributed by atoms with Gasteiger partial charge in [-0.15, -0.1) is 0 Å². The van der Waals surface area contributed by atoms with Crippen molar-refractivity contribution in [3.05, 3.63) is 103 Å². The van der Waals surface area contributed by atoms with Gasteiger partial charge in [-0.2, -0.15) is 0 Å². The van der Waals surface area contributed by atoms with Crippen molar-refractivity contribution in [2.75, 3.05) is 0 Å². The van der Waals surface area contributed by atoms with Gasteiger partial charge in [0.2, 0.25) is 0 Å². The third-order valence-electron chi connectivity index (χ3n) is 6.99. The molecule has 0 heterocycles. The van der Waals surface area contributed by atoms with E-state index in [0.717, 1.165) is 25.0 Å².